The van der Waals surface area contributed by atoms with E-state index in [2.05, 4.69) is 64.6 Å². The summed E-state index contributed by atoms with van der Waals surface area (Å²) in [5.74, 6) is 0.936. The van der Waals surface area contributed by atoms with Crippen LogP contribution in [-0.2, 0) is 22.3 Å². The van der Waals surface area contributed by atoms with E-state index in [1.807, 2.05) is 18.2 Å². The summed E-state index contributed by atoms with van der Waals surface area (Å²) in [5.41, 5.74) is 4.09. The number of halogens is 1. The quantitative estimate of drug-likeness (QED) is 0.577. The lowest BCUT2D eigenvalue weighted by atomic mass is 9.77. The topological polar surface area (TPSA) is 30.9 Å². The van der Waals surface area contributed by atoms with Gasteiger partial charge in [-0.2, -0.15) is 0 Å². The first-order valence-corrected chi connectivity index (χ1v) is 12.0. The molecule has 0 N–H and O–H groups in total. The zero-order valence-electron chi connectivity index (χ0n) is 20.0. The maximum absolute atomic E-state index is 6.39. The summed E-state index contributed by atoms with van der Waals surface area (Å²) in [4.78, 5) is 2.56. The third kappa shape index (κ3) is 3.88. The second-order valence-electron chi connectivity index (χ2n) is 11.1. The molecule has 2 heterocycles. The minimum Gasteiger partial charge on any atom is -0.486 e. The van der Waals surface area contributed by atoms with Crippen molar-refractivity contribution in [2.24, 2.45) is 0 Å². The number of nitrogens with zero attached hydrogens (tertiary/aromatic N) is 1. The van der Waals surface area contributed by atoms with Crippen LogP contribution in [0.4, 0.5) is 0 Å². The molecule has 4 nitrogen and oxygen atoms in total. The molecule has 0 amide bonds. The molecule has 170 valence electrons. The fourth-order valence-electron chi connectivity index (χ4n) is 5.19. The molecule has 32 heavy (non-hydrogen) atoms. The van der Waals surface area contributed by atoms with Gasteiger partial charge in [-0.1, -0.05) is 29.8 Å². The zero-order valence-corrected chi connectivity index (χ0v) is 20.8. The molecule has 2 aromatic carbocycles. The Bertz CT molecular complexity index is 1040. The van der Waals surface area contributed by atoms with Gasteiger partial charge in [0, 0.05) is 29.7 Å². The summed E-state index contributed by atoms with van der Waals surface area (Å²) in [6.45, 7) is 14.4. The van der Waals surface area contributed by atoms with Crippen LogP contribution in [0.25, 0.3) is 0 Å². The largest absolute Gasteiger partial charge is 0.494 e. The van der Waals surface area contributed by atoms with Crippen LogP contribution in [-0.4, -0.2) is 35.4 Å². The minimum atomic E-state index is -0.342. The molecule has 1 aliphatic carbocycles. The van der Waals surface area contributed by atoms with Crippen molar-refractivity contribution in [2.75, 3.05) is 6.54 Å². The average Bonchev–Trinajstić information content (AvgIpc) is 3.15. The van der Waals surface area contributed by atoms with Gasteiger partial charge in [0.05, 0.1) is 11.2 Å². The molecule has 5 rings (SSSR count). The van der Waals surface area contributed by atoms with Gasteiger partial charge in [-0.15, -0.1) is 0 Å². The molecular formula is C26H33BClNO3. The third-order valence-corrected chi connectivity index (χ3v) is 7.78. The number of rotatable bonds is 2. The van der Waals surface area contributed by atoms with E-state index in [-0.39, 0.29) is 23.9 Å². The predicted molar refractivity (Wildman–Crippen MR) is 130 cm³/mol. The first-order chi connectivity index (χ1) is 14.9. The Kier molecular flexibility index (Phi) is 5.22. The van der Waals surface area contributed by atoms with Gasteiger partial charge in [0.25, 0.3) is 0 Å². The van der Waals surface area contributed by atoms with Crippen LogP contribution < -0.4 is 10.2 Å². The van der Waals surface area contributed by atoms with Crippen LogP contribution in [0, 0.1) is 0 Å². The molecule has 0 spiro atoms. The Morgan fingerprint density at radius 2 is 1.66 bits per heavy atom. The van der Waals surface area contributed by atoms with E-state index in [9.17, 15) is 0 Å². The first-order valence-electron chi connectivity index (χ1n) is 11.6. The number of hydrogen-bond acceptors (Lipinski definition) is 4. The number of fused-ring (bicyclic) bond motifs is 2. The molecule has 2 aliphatic heterocycles. The summed E-state index contributed by atoms with van der Waals surface area (Å²) < 4.78 is 19.1. The van der Waals surface area contributed by atoms with Gasteiger partial charge in [-0.05, 0) is 89.2 Å². The lowest BCUT2D eigenvalue weighted by Crippen LogP contribution is -2.42. The highest BCUT2D eigenvalue weighted by molar-refractivity contribution is 6.62. The third-order valence-electron chi connectivity index (χ3n) is 7.55. The fourth-order valence-corrected chi connectivity index (χ4v) is 5.38. The number of benzene rings is 2. The smallest absolute Gasteiger partial charge is 0.486 e. The van der Waals surface area contributed by atoms with Gasteiger partial charge in [0.15, 0.2) is 0 Å². The van der Waals surface area contributed by atoms with Crippen molar-refractivity contribution in [3.63, 3.8) is 0 Å². The van der Waals surface area contributed by atoms with Crippen molar-refractivity contribution in [1.82, 2.24) is 4.90 Å². The van der Waals surface area contributed by atoms with Crippen molar-refractivity contribution >= 4 is 24.2 Å². The van der Waals surface area contributed by atoms with Crippen molar-refractivity contribution in [3.8, 4) is 5.75 Å². The van der Waals surface area contributed by atoms with Gasteiger partial charge in [0.1, 0.15) is 11.4 Å². The van der Waals surface area contributed by atoms with E-state index in [4.69, 9.17) is 25.6 Å². The van der Waals surface area contributed by atoms with Crippen LogP contribution >= 0.6 is 11.6 Å². The highest BCUT2D eigenvalue weighted by Gasteiger charge is 2.52. The summed E-state index contributed by atoms with van der Waals surface area (Å²) in [6, 6.07) is 13.0. The van der Waals surface area contributed by atoms with Crippen LogP contribution in [0.15, 0.2) is 36.4 Å². The van der Waals surface area contributed by atoms with Crippen LogP contribution in [0.3, 0.4) is 0 Å². The lowest BCUT2D eigenvalue weighted by molar-refractivity contribution is 0.00578. The highest BCUT2D eigenvalue weighted by atomic mass is 35.5. The van der Waals surface area contributed by atoms with E-state index >= 15 is 0 Å². The maximum Gasteiger partial charge on any atom is 0.494 e. The average molecular weight is 454 g/mol. The van der Waals surface area contributed by atoms with Gasteiger partial charge < -0.3 is 14.0 Å². The molecular weight excluding hydrogens is 421 g/mol. The number of hydrogen-bond donors (Lipinski definition) is 0. The Hall–Kier alpha value is -1.53. The summed E-state index contributed by atoms with van der Waals surface area (Å²) >= 11 is 6.33. The van der Waals surface area contributed by atoms with Crippen LogP contribution in [0.2, 0.25) is 5.02 Å². The Morgan fingerprint density at radius 1 is 0.938 bits per heavy atom. The SMILES string of the molecule is CC1(C)CN(C2CCc3ccc(B4OC(C)(C)C(C)(C)O4)cc32)Cc2cc(Cl)ccc2O1. The van der Waals surface area contributed by atoms with Crippen molar-refractivity contribution < 1.29 is 14.0 Å². The maximum atomic E-state index is 6.39. The van der Waals surface area contributed by atoms with E-state index in [0.29, 0.717) is 6.04 Å². The van der Waals surface area contributed by atoms with Gasteiger partial charge in [-0.25, -0.2) is 0 Å². The second kappa shape index (κ2) is 7.49. The molecule has 3 aliphatic rings. The molecule has 1 atom stereocenters. The molecule has 0 aromatic heterocycles. The van der Waals surface area contributed by atoms with E-state index in [1.165, 1.54) is 11.1 Å². The molecule has 0 saturated carbocycles. The zero-order chi connectivity index (χ0) is 22.9. The minimum absolute atomic E-state index is 0.287. The van der Waals surface area contributed by atoms with Crippen molar-refractivity contribution in [1.29, 1.82) is 0 Å². The number of aryl methyl sites for hydroxylation is 1. The monoisotopic (exact) mass is 453 g/mol. The van der Waals surface area contributed by atoms with Gasteiger partial charge >= 0.3 is 7.12 Å². The van der Waals surface area contributed by atoms with Crippen molar-refractivity contribution in [2.45, 2.75) is 83.8 Å². The summed E-state index contributed by atoms with van der Waals surface area (Å²) in [5, 5.41) is 0.752. The van der Waals surface area contributed by atoms with E-state index in [0.717, 1.165) is 47.7 Å². The lowest BCUT2D eigenvalue weighted by Gasteiger charge is -2.34. The molecule has 1 fully saturated rings. The normalized spacial score (nSPS) is 25.7. The molecule has 0 radical (unpaired) electrons. The molecule has 1 unspecified atom stereocenters. The fraction of sp³-hybridized carbons (Fsp3) is 0.538. The molecule has 2 aromatic rings. The van der Waals surface area contributed by atoms with Gasteiger partial charge in [-0.3, -0.25) is 4.90 Å². The van der Waals surface area contributed by atoms with E-state index < -0.39 is 0 Å². The first kappa shape index (κ1) is 22.3. The summed E-state index contributed by atoms with van der Waals surface area (Å²) in [7, 11) is -0.338. The molecule has 0 bridgehead atoms. The predicted octanol–water partition coefficient (Wildman–Crippen LogP) is 5.30. The van der Waals surface area contributed by atoms with Gasteiger partial charge in [0.2, 0.25) is 0 Å². The highest BCUT2D eigenvalue weighted by Crippen LogP contribution is 2.41. The molecule has 1 saturated heterocycles. The number of ether oxygens (including phenoxy) is 1. The molecule has 6 heteroatoms. The Morgan fingerprint density at radius 3 is 2.38 bits per heavy atom. The van der Waals surface area contributed by atoms with E-state index in [1.54, 1.807) is 0 Å². The van der Waals surface area contributed by atoms with Crippen molar-refractivity contribution in [3.05, 3.63) is 58.1 Å². The Labute approximate surface area is 197 Å². The standard InChI is InChI=1S/C26H33BClNO3/c1-24(2)16-29(15-18-13-20(28)10-12-23(18)30-24)22-11-8-17-7-9-19(14-21(17)22)27-31-25(3,4)26(5,6)32-27/h7,9-10,12-14,22H,8,11,15-16H2,1-6H3. The summed E-state index contributed by atoms with van der Waals surface area (Å²) in [6.07, 6.45) is 2.19. The van der Waals surface area contributed by atoms with Crippen LogP contribution in [0.1, 0.15) is 70.7 Å². The van der Waals surface area contributed by atoms with Crippen LogP contribution in [0.5, 0.6) is 5.75 Å². The second-order valence-corrected chi connectivity index (χ2v) is 11.6. The Balaban J connectivity index is 1.47.